The summed E-state index contributed by atoms with van der Waals surface area (Å²) < 4.78 is 0. The molecule has 2 N–H and O–H groups in total. The minimum atomic E-state index is -0.550. The number of amides is 2. The number of carbonyl (C=O) groups excluding carboxylic acids is 1. The summed E-state index contributed by atoms with van der Waals surface area (Å²) in [6.07, 6.45) is 1.92. The van der Waals surface area contributed by atoms with E-state index in [2.05, 4.69) is 10.2 Å². The summed E-state index contributed by atoms with van der Waals surface area (Å²) in [6, 6.07) is 0.0452. The van der Waals surface area contributed by atoms with Gasteiger partial charge in [0.1, 0.15) is 0 Å². The Balaban J connectivity index is 1.75. The maximum absolute atomic E-state index is 11.3. The number of nitrogens with zero attached hydrogens (tertiary/aromatic N) is 2. The lowest BCUT2D eigenvalue weighted by Gasteiger charge is -2.37. The fourth-order valence-corrected chi connectivity index (χ4v) is 2.50. The summed E-state index contributed by atoms with van der Waals surface area (Å²) in [5.41, 5.74) is -0.550. The highest BCUT2D eigenvalue weighted by Crippen LogP contribution is 2.19. The molecule has 2 amide bonds. The largest absolute Gasteiger partial charge is 0.389 e. The normalized spacial score (nSPS) is 31.9. The summed E-state index contributed by atoms with van der Waals surface area (Å²) in [5, 5.41) is 12.7. The maximum Gasteiger partial charge on any atom is 0.317 e. The summed E-state index contributed by atoms with van der Waals surface area (Å²) in [4.78, 5) is 15.4. The Kier molecular flexibility index (Phi) is 3.35. The Hall–Kier alpha value is -0.810. The van der Waals surface area contributed by atoms with E-state index in [9.17, 15) is 9.90 Å². The van der Waals surface area contributed by atoms with Gasteiger partial charge in [0, 0.05) is 32.7 Å². The molecule has 0 saturated carbocycles. The number of likely N-dealkylation sites (tertiary alicyclic amines) is 1. The standard InChI is InChI=1S/C11H21N3O2/c1-11(16)3-2-5-13(9-11)7-8-14-6-4-12-10(14)15/h16H,2-9H2,1H3,(H,12,15). The van der Waals surface area contributed by atoms with Crippen LogP contribution in [0.5, 0.6) is 0 Å². The van der Waals surface area contributed by atoms with E-state index in [1.54, 1.807) is 0 Å². The van der Waals surface area contributed by atoms with Crippen molar-refractivity contribution in [2.24, 2.45) is 0 Å². The van der Waals surface area contributed by atoms with E-state index in [0.29, 0.717) is 0 Å². The van der Waals surface area contributed by atoms with Gasteiger partial charge in [-0.05, 0) is 26.3 Å². The van der Waals surface area contributed by atoms with Gasteiger partial charge in [-0.3, -0.25) is 4.90 Å². The predicted molar refractivity (Wildman–Crippen MR) is 61.3 cm³/mol. The van der Waals surface area contributed by atoms with Crippen molar-refractivity contribution >= 4 is 6.03 Å². The molecule has 5 nitrogen and oxygen atoms in total. The van der Waals surface area contributed by atoms with Crippen molar-refractivity contribution in [2.75, 3.05) is 39.3 Å². The lowest BCUT2D eigenvalue weighted by Crippen LogP contribution is -2.48. The van der Waals surface area contributed by atoms with Gasteiger partial charge in [0.25, 0.3) is 0 Å². The van der Waals surface area contributed by atoms with Crippen LogP contribution in [0.25, 0.3) is 0 Å². The van der Waals surface area contributed by atoms with Crippen molar-refractivity contribution in [2.45, 2.75) is 25.4 Å². The molecule has 2 rings (SSSR count). The molecule has 2 aliphatic rings. The van der Waals surface area contributed by atoms with Crippen LogP contribution in [0.4, 0.5) is 4.79 Å². The van der Waals surface area contributed by atoms with Gasteiger partial charge in [0.15, 0.2) is 0 Å². The van der Waals surface area contributed by atoms with Crippen molar-refractivity contribution in [3.05, 3.63) is 0 Å². The third-order valence-electron chi connectivity index (χ3n) is 3.39. The number of aliphatic hydroxyl groups is 1. The van der Waals surface area contributed by atoms with Crippen molar-refractivity contribution in [1.29, 1.82) is 0 Å². The van der Waals surface area contributed by atoms with Gasteiger partial charge in [-0.15, -0.1) is 0 Å². The number of urea groups is 1. The molecule has 0 bridgehead atoms. The second-order valence-electron chi connectivity index (χ2n) is 5.10. The van der Waals surface area contributed by atoms with Crippen LogP contribution < -0.4 is 5.32 Å². The molecule has 0 aromatic carbocycles. The zero-order chi connectivity index (χ0) is 11.6. The summed E-state index contributed by atoms with van der Waals surface area (Å²) in [5.74, 6) is 0. The average Bonchev–Trinajstić information content (AvgIpc) is 2.60. The summed E-state index contributed by atoms with van der Waals surface area (Å²) in [7, 11) is 0. The van der Waals surface area contributed by atoms with Crippen LogP contribution in [0.2, 0.25) is 0 Å². The molecule has 0 radical (unpaired) electrons. The first-order valence-electron chi connectivity index (χ1n) is 6.04. The smallest absolute Gasteiger partial charge is 0.317 e. The Labute approximate surface area is 96.4 Å². The highest BCUT2D eigenvalue weighted by molar-refractivity contribution is 5.76. The van der Waals surface area contributed by atoms with Crippen LogP contribution in [-0.4, -0.2) is 65.8 Å². The third kappa shape index (κ3) is 2.86. The number of hydrogen-bond donors (Lipinski definition) is 2. The fourth-order valence-electron chi connectivity index (χ4n) is 2.50. The molecule has 1 atom stereocenters. The van der Waals surface area contributed by atoms with E-state index in [1.165, 1.54) is 0 Å². The molecule has 2 saturated heterocycles. The van der Waals surface area contributed by atoms with Gasteiger partial charge < -0.3 is 15.3 Å². The molecule has 0 aliphatic carbocycles. The quantitative estimate of drug-likeness (QED) is 0.705. The molecule has 2 fully saturated rings. The lowest BCUT2D eigenvalue weighted by molar-refractivity contribution is -0.0164. The zero-order valence-electron chi connectivity index (χ0n) is 9.91. The van der Waals surface area contributed by atoms with E-state index in [0.717, 1.165) is 52.1 Å². The number of rotatable bonds is 3. The molecule has 92 valence electrons. The average molecular weight is 227 g/mol. The Morgan fingerprint density at radius 3 is 2.88 bits per heavy atom. The topological polar surface area (TPSA) is 55.8 Å². The summed E-state index contributed by atoms with van der Waals surface area (Å²) in [6.45, 7) is 6.85. The minimum absolute atomic E-state index is 0.0452. The van der Waals surface area contributed by atoms with Gasteiger partial charge in [0.2, 0.25) is 0 Å². The Morgan fingerprint density at radius 1 is 1.44 bits per heavy atom. The number of β-amino-alcohol motifs (C(OH)–C–C–N with tert-alkyl or cyclic N) is 1. The van der Waals surface area contributed by atoms with Crippen molar-refractivity contribution in [3.63, 3.8) is 0 Å². The molecule has 5 heteroatoms. The molecule has 2 aliphatic heterocycles. The second kappa shape index (κ2) is 4.59. The highest BCUT2D eigenvalue weighted by Gasteiger charge is 2.29. The van der Waals surface area contributed by atoms with Gasteiger partial charge in [-0.1, -0.05) is 0 Å². The Morgan fingerprint density at radius 2 is 2.25 bits per heavy atom. The van der Waals surface area contributed by atoms with E-state index in [4.69, 9.17) is 0 Å². The first-order chi connectivity index (χ1) is 7.57. The number of piperidine rings is 1. The maximum atomic E-state index is 11.3. The van der Waals surface area contributed by atoms with Crippen molar-refractivity contribution < 1.29 is 9.90 Å². The van der Waals surface area contributed by atoms with Crippen molar-refractivity contribution in [3.8, 4) is 0 Å². The second-order valence-corrected chi connectivity index (χ2v) is 5.10. The van der Waals surface area contributed by atoms with Crippen LogP contribution in [0.1, 0.15) is 19.8 Å². The van der Waals surface area contributed by atoms with Crippen molar-refractivity contribution in [1.82, 2.24) is 15.1 Å². The van der Waals surface area contributed by atoms with Crippen LogP contribution in [0.3, 0.4) is 0 Å². The van der Waals surface area contributed by atoms with Gasteiger partial charge in [-0.25, -0.2) is 4.79 Å². The third-order valence-corrected chi connectivity index (χ3v) is 3.39. The molecule has 2 heterocycles. The number of nitrogens with one attached hydrogen (secondary N) is 1. The molecular formula is C11H21N3O2. The first kappa shape index (κ1) is 11.7. The first-order valence-corrected chi connectivity index (χ1v) is 6.04. The molecule has 0 spiro atoms. The molecule has 16 heavy (non-hydrogen) atoms. The highest BCUT2D eigenvalue weighted by atomic mass is 16.3. The summed E-state index contributed by atoms with van der Waals surface area (Å²) >= 11 is 0. The van der Waals surface area contributed by atoms with Gasteiger partial charge >= 0.3 is 6.03 Å². The van der Waals surface area contributed by atoms with Crippen LogP contribution in [0, 0.1) is 0 Å². The molecule has 0 aromatic rings. The monoisotopic (exact) mass is 227 g/mol. The van der Waals surface area contributed by atoms with Crippen LogP contribution >= 0.6 is 0 Å². The fraction of sp³-hybridized carbons (Fsp3) is 0.909. The van der Waals surface area contributed by atoms with Crippen LogP contribution in [0.15, 0.2) is 0 Å². The molecule has 0 aromatic heterocycles. The predicted octanol–water partition coefficient (Wildman–Crippen LogP) is -0.142. The van der Waals surface area contributed by atoms with E-state index < -0.39 is 5.60 Å². The van der Waals surface area contributed by atoms with Gasteiger partial charge in [-0.2, -0.15) is 0 Å². The molecule has 1 unspecified atom stereocenters. The van der Waals surface area contributed by atoms with E-state index >= 15 is 0 Å². The number of carbonyl (C=O) groups is 1. The van der Waals surface area contributed by atoms with Gasteiger partial charge in [0.05, 0.1) is 5.60 Å². The Bertz CT molecular complexity index is 268. The van der Waals surface area contributed by atoms with E-state index in [-0.39, 0.29) is 6.03 Å². The zero-order valence-corrected chi connectivity index (χ0v) is 9.91. The molecular weight excluding hydrogens is 206 g/mol. The van der Waals surface area contributed by atoms with E-state index in [1.807, 2.05) is 11.8 Å². The SMILES string of the molecule is CC1(O)CCCN(CCN2CCNC2=O)C1. The van der Waals surface area contributed by atoms with Crippen LogP contribution in [-0.2, 0) is 0 Å². The minimum Gasteiger partial charge on any atom is -0.389 e. The lowest BCUT2D eigenvalue weighted by atomic mass is 9.95. The number of hydrogen-bond acceptors (Lipinski definition) is 3.